The van der Waals surface area contributed by atoms with Crippen LogP contribution < -0.4 is 16.0 Å². The maximum atomic E-state index is 4.82. The van der Waals surface area contributed by atoms with Crippen molar-refractivity contribution in [2.24, 2.45) is 0 Å². The van der Waals surface area contributed by atoms with E-state index in [0.717, 1.165) is 48.4 Å². The third kappa shape index (κ3) is 4.16. The summed E-state index contributed by atoms with van der Waals surface area (Å²) in [5.41, 5.74) is 4.09. The fraction of sp³-hybridized carbons (Fsp3) is 0.391. The molecule has 0 bridgehead atoms. The predicted octanol–water partition coefficient (Wildman–Crippen LogP) is 3.21. The molecular formula is C23H29N9. The Kier molecular flexibility index (Phi) is 5.72. The summed E-state index contributed by atoms with van der Waals surface area (Å²) in [6.45, 7) is 6.89. The van der Waals surface area contributed by atoms with Gasteiger partial charge in [-0.05, 0) is 43.0 Å². The van der Waals surface area contributed by atoms with Gasteiger partial charge in [-0.25, -0.2) is 4.68 Å². The first-order valence-electron chi connectivity index (χ1n) is 11.2. The van der Waals surface area contributed by atoms with E-state index in [2.05, 4.69) is 52.1 Å². The van der Waals surface area contributed by atoms with Crippen LogP contribution in [0.25, 0.3) is 11.3 Å². The monoisotopic (exact) mass is 431 g/mol. The number of hydrogen-bond donors (Lipinski definition) is 3. The Labute approximate surface area is 187 Å². The van der Waals surface area contributed by atoms with Crippen LogP contribution in [0.4, 0.5) is 11.9 Å². The molecule has 4 heterocycles. The van der Waals surface area contributed by atoms with Crippen molar-refractivity contribution < 1.29 is 0 Å². The van der Waals surface area contributed by atoms with Crippen LogP contribution in [0.2, 0.25) is 0 Å². The largest absolute Gasteiger partial charge is 0.350 e. The Hall–Kier alpha value is -3.46. The second-order valence-electron chi connectivity index (χ2n) is 8.48. The molecular weight excluding hydrogens is 402 g/mol. The maximum Gasteiger partial charge on any atom is 0.229 e. The SMILES string of the molecule is CC(C)c1cnn2c(NCc3ccccc3-n3cccn3)nc(NC3CCCNC3)nc12. The summed E-state index contributed by atoms with van der Waals surface area (Å²) in [5.74, 6) is 1.62. The standard InChI is InChI=1S/C23H29N9/c1-16(2)19-15-27-32-21(19)29-22(28-18-8-5-10-24-14-18)30-23(32)25-13-17-7-3-4-9-20(17)31-12-6-11-26-31/h3-4,6-7,9,11-12,15-16,18,24H,5,8,10,13-14H2,1-2H3,(H2,25,28,29,30). The van der Waals surface area contributed by atoms with Gasteiger partial charge in [0.15, 0.2) is 5.65 Å². The molecule has 1 saturated heterocycles. The van der Waals surface area contributed by atoms with Crippen LogP contribution in [0.15, 0.2) is 48.9 Å². The summed E-state index contributed by atoms with van der Waals surface area (Å²) < 4.78 is 3.68. The molecule has 1 aliphatic rings. The quantitative estimate of drug-likeness (QED) is 0.413. The number of nitrogens with one attached hydrogen (secondary N) is 3. The van der Waals surface area contributed by atoms with E-state index in [1.54, 1.807) is 10.7 Å². The topological polar surface area (TPSA) is 97.0 Å². The maximum absolute atomic E-state index is 4.82. The highest BCUT2D eigenvalue weighted by molar-refractivity contribution is 5.56. The van der Waals surface area contributed by atoms with Crippen LogP contribution in [0.1, 0.15) is 43.7 Å². The Morgan fingerprint density at radius 2 is 2.06 bits per heavy atom. The fourth-order valence-electron chi connectivity index (χ4n) is 4.11. The van der Waals surface area contributed by atoms with E-state index in [4.69, 9.17) is 9.97 Å². The fourth-order valence-corrected chi connectivity index (χ4v) is 4.11. The first-order chi connectivity index (χ1) is 15.7. The number of piperidine rings is 1. The lowest BCUT2D eigenvalue weighted by Gasteiger charge is -2.24. The van der Waals surface area contributed by atoms with E-state index in [9.17, 15) is 0 Å². The van der Waals surface area contributed by atoms with Gasteiger partial charge in [0.25, 0.3) is 0 Å². The van der Waals surface area contributed by atoms with Gasteiger partial charge < -0.3 is 16.0 Å². The van der Waals surface area contributed by atoms with Crippen LogP contribution in [0, 0.1) is 0 Å². The Morgan fingerprint density at radius 1 is 1.16 bits per heavy atom. The van der Waals surface area contributed by atoms with Crippen LogP contribution in [-0.2, 0) is 6.54 Å². The zero-order chi connectivity index (χ0) is 21.9. The lowest BCUT2D eigenvalue weighted by Crippen LogP contribution is -2.38. The molecule has 32 heavy (non-hydrogen) atoms. The van der Waals surface area contributed by atoms with Gasteiger partial charge in [0.1, 0.15) is 0 Å². The van der Waals surface area contributed by atoms with E-state index in [1.807, 2.05) is 35.3 Å². The number of anilines is 2. The van der Waals surface area contributed by atoms with Gasteiger partial charge in [-0.2, -0.15) is 24.7 Å². The molecule has 1 aromatic carbocycles. The van der Waals surface area contributed by atoms with Crippen molar-refractivity contribution in [1.82, 2.24) is 34.7 Å². The molecule has 1 aliphatic heterocycles. The number of hydrogen-bond acceptors (Lipinski definition) is 7. The molecule has 0 spiro atoms. The Bertz CT molecular complexity index is 1170. The van der Waals surface area contributed by atoms with Gasteiger partial charge >= 0.3 is 0 Å². The van der Waals surface area contributed by atoms with Crippen molar-refractivity contribution >= 4 is 17.5 Å². The zero-order valence-electron chi connectivity index (χ0n) is 18.5. The highest BCUT2D eigenvalue weighted by atomic mass is 15.4. The number of nitrogens with zero attached hydrogens (tertiary/aromatic N) is 6. The van der Waals surface area contributed by atoms with Crippen molar-refractivity contribution in [2.45, 2.75) is 45.2 Å². The molecule has 0 amide bonds. The lowest BCUT2D eigenvalue weighted by molar-refractivity contribution is 0.478. The number of fused-ring (bicyclic) bond motifs is 1. The lowest BCUT2D eigenvalue weighted by atomic mass is 10.1. The average molecular weight is 432 g/mol. The van der Waals surface area contributed by atoms with Gasteiger partial charge in [-0.1, -0.05) is 32.0 Å². The molecule has 1 fully saturated rings. The van der Waals surface area contributed by atoms with E-state index in [1.165, 1.54) is 0 Å². The van der Waals surface area contributed by atoms with Gasteiger partial charge in [0, 0.05) is 37.1 Å². The number of para-hydroxylation sites is 1. The highest BCUT2D eigenvalue weighted by Crippen LogP contribution is 2.23. The molecule has 0 aliphatic carbocycles. The van der Waals surface area contributed by atoms with Crippen molar-refractivity contribution in [3.63, 3.8) is 0 Å². The first-order valence-corrected chi connectivity index (χ1v) is 11.2. The summed E-state index contributed by atoms with van der Waals surface area (Å²) in [7, 11) is 0. The minimum atomic E-state index is 0.319. The third-order valence-corrected chi connectivity index (χ3v) is 5.83. The molecule has 0 saturated carbocycles. The first kappa shape index (κ1) is 20.4. The summed E-state index contributed by atoms with van der Waals surface area (Å²) in [5, 5.41) is 19.4. The Morgan fingerprint density at radius 3 is 2.84 bits per heavy atom. The second kappa shape index (κ2) is 8.96. The minimum Gasteiger partial charge on any atom is -0.350 e. The van der Waals surface area contributed by atoms with Crippen LogP contribution >= 0.6 is 0 Å². The van der Waals surface area contributed by atoms with Crippen LogP contribution in [0.3, 0.4) is 0 Å². The molecule has 5 rings (SSSR count). The number of aromatic nitrogens is 6. The molecule has 9 nitrogen and oxygen atoms in total. The van der Waals surface area contributed by atoms with Crippen LogP contribution in [0.5, 0.6) is 0 Å². The van der Waals surface area contributed by atoms with E-state index < -0.39 is 0 Å². The van der Waals surface area contributed by atoms with Gasteiger partial charge in [0.05, 0.1) is 11.9 Å². The molecule has 166 valence electrons. The predicted molar refractivity (Wildman–Crippen MR) is 125 cm³/mol. The zero-order valence-corrected chi connectivity index (χ0v) is 18.5. The molecule has 3 N–H and O–H groups in total. The molecule has 1 atom stereocenters. The molecule has 9 heteroatoms. The minimum absolute atomic E-state index is 0.319. The molecule has 1 unspecified atom stereocenters. The van der Waals surface area contributed by atoms with Crippen molar-refractivity contribution in [2.75, 3.05) is 23.7 Å². The van der Waals surface area contributed by atoms with E-state index >= 15 is 0 Å². The Balaban J connectivity index is 1.46. The van der Waals surface area contributed by atoms with Crippen molar-refractivity contribution in [1.29, 1.82) is 0 Å². The summed E-state index contributed by atoms with van der Waals surface area (Å²) in [4.78, 5) is 9.61. The molecule has 3 aromatic heterocycles. The van der Waals surface area contributed by atoms with Crippen LogP contribution in [-0.4, -0.2) is 48.5 Å². The summed E-state index contributed by atoms with van der Waals surface area (Å²) in [6, 6.07) is 10.5. The molecule has 4 aromatic rings. The summed E-state index contributed by atoms with van der Waals surface area (Å²) in [6.07, 6.45) is 7.89. The van der Waals surface area contributed by atoms with E-state index in [0.29, 0.717) is 30.4 Å². The average Bonchev–Trinajstić information content (AvgIpc) is 3.49. The number of benzene rings is 1. The van der Waals surface area contributed by atoms with Crippen molar-refractivity contribution in [3.05, 3.63) is 60.0 Å². The highest BCUT2D eigenvalue weighted by Gasteiger charge is 2.18. The number of rotatable bonds is 7. The van der Waals surface area contributed by atoms with Gasteiger partial charge in [0.2, 0.25) is 11.9 Å². The third-order valence-electron chi connectivity index (χ3n) is 5.83. The second-order valence-corrected chi connectivity index (χ2v) is 8.48. The van der Waals surface area contributed by atoms with Crippen molar-refractivity contribution in [3.8, 4) is 5.69 Å². The molecule has 0 radical (unpaired) electrons. The van der Waals surface area contributed by atoms with Gasteiger partial charge in [-0.15, -0.1) is 0 Å². The normalized spacial score (nSPS) is 16.5. The van der Waals surface area contributed by atoms with E-state index in [-0.39, 0.29) is 0 Å². The summed E-state index contributed by atoms with van der Waals surface area (Å²) >= 11 is 0. The van der Waals surface area contributed by atoms with Gasteiger partial charge in [-0.3, -0.25) is 0 Å². The smallest absolute Gasteiger partial charge is 0.229 e.